The molecule has 0 saturated carbocycles. The second-order valence-corrected chi connectivity index (χ2v) is 14.4. The smallest absolute Gasteiger partial charge is 0.339 e. The van der Waals surface area contributed by atoms with Crippen molar-refractivity contribution in [3.8, 4) is 45.7 Å². The monoisotopic (exact) mass is 910 g/mol. The Bertz CT molecular complexity index is 2930. The predicted octanol–water partition coefficient (Wildman–Crippen LogP) is 6.02. The fourth-order valence-corrected chi connectivity index (χ4v) is 6.46. The largest absolute Gasteiger partial charge is 0.508 e. The molecular weight excluding hydrogens is 869 g/mol. The minimum Gasteiger partial charge on any atom is -0.508 e. The minimum absolute atomic E-state index is 0.0298. The van der Waals surface area contributed by atoms with Crippen molar-refractivity contribution in [1.82, 2.24) is 20.3 Å². The van der Waals surface area contributed by atoms with Gasteiger partial charge in [0.05, 0.1) is 37.4 Å². The Hall–Kier alpha value is -9.53. The zero-order chi connectivity index (χ0) is 48.4. The van der Waals surface area contributed by atoms with E-state index in [1.165, 1.54) is 79.7 Å². The van der Waals surface area contributed by atoms with Gasteiger partial charge in [0, 0.05) is 40.7 Å². The number of methoxy groups -OCH3 is 2. The average molecular weight is 911 g/mol. The number of rotatable bonds is 17. The number of aromatic hydroxyl groups is 3. The molecule has 11 N–H and O–H groups in total. The minimum atomic E-state index is -1.41. The highest BCUT2D eigenvalue weighted by atomic mass is 16.5. The van der Waals surface area contributed by atoms with Gasteiger partial charge in [-0.05, 0) is 91.4 Å². The summed E-state index contributed by atoms with van der Waals surface area (Å²) in [7, 11) is 2.45. The Morgan fingerprint density at radius 3 is 2.04 bits per heavy atom. The lowest BCUT2D eigenvalue weighted by Gasteiger charge is -2.19. The maximum Gasteiger partial charge on any atom is 0.339 e. The molecule has 1 atom stereocenters. The third kappa shape index (κ3) is 11.0. The first-order valence-electron chi connectivity index (χ1n) is 19.8. The van der Waals surface area contributed by atoms with Crippen LogP contribution >= 0.6 is 0 Å². The SMILES string of the molecule is COc1c(NC(=O)c2ccc(-n3cc(-c4ccc(NC(=O)[C@H](C/C(=C/N)N=N)NC(=O)c5ccc(NC(=O)/C(C)=C/c6ccc(O)cc6)cc5)cc4)nn3)c(OC)c2O)ccc(C(=O)O)c1O. The Morgan fingerprint density at radius 2 is 1.42 bits per heavy atom. The van der Waals surface area contributed by atoms with Crippen LogP contribution in [0.25, 0.3) is 23.0 Å². The standard InChI is InChI=1S/C46H42N10O11/c1-24(20-25-4-14-31(57)15-5-25)42(60)49-28-12-8-27(9-13-28)43(61)52-35(21-30(22-47)53-48)45(63)50-29-10-6-26(7-11-29)36-23-56(55-54-36)37-19-17-32(38(58)41(37)67-3)44(62)51-34-18-16-33(46(64)65)39(59)40(34)66-2/h4-20,22-23,35,48,57-59H,21,47H2,1-3H3,(H,49,60)(H,50,63)(H,51,62)(H,52,61)(H,64,65)/b24-20+,30-22-,53-48?/t35-/m0/s1. The van der Waals surface area contributed by atoms with Crippen LogP contribution in [0.5, 0.6) is 28.7 Å². The molecule has 6 rings (SSSR count). The van der Waals surface area contributed by atoms with Crippen molar-refractivity contribution in [2.24, 2.45) is 10.8 Å². The summed E-state index contributed by atoms with van der Waals surface area (Å²) in [4.78, 5) is 64.4. The van der Waals surface area contributed by atoms with Crippen LogP contribution in [0.3, 0.4) is 0 Å². The van der Waals surface area contributed by atoms with E-state index in [-0.39, 0.29) is 57.8 Å². The fraction of sp³-hybridized carbons (Fsp3) is 0.109. The Labute approximate surface area is 380 Å². The fourth-order valence-electron chi connectivity index (χ4n) is 6.46. The van der Waals surface area contributed by atoms with E-state index in [1.54, 1.807) is 49.4 Å². The first-order chi connectivity index (χ1) is 32.1. The Balaban J connectivity index is 1.11. The molecule has 0 aliphatic heterocycles. The molecule has 1 heterocycles. The molecule has 0 radical (unpaired) electrons. The molecule has 0 aliphatic rings. The van der Waals surface area contributed by atoms with Crippen molar-refractivity contribution in [2.45, 2.75) is 19.4 Å². The maximum absolute atomic E-state index is 13.6. The highest BCUT2D eigenvalue weighted by Gasteiger charge is 2.26. The van der Waals surface area contributed by atoms with E-state index in [0.717, 1.165) is 17.8 Å². The number of ether oxygens (including phenoxy) is 2. The van der Waals surface area contributed by atoms with E-state index < -0.39 is 46.8 Å². The number of carbonyl (C=O) groups excluding carboxylic acids is 4. The van der Waals surface area contributed by atoms with Gasteiger partial charge in [-0.25, -0.2) is 15.0 Å². The molecule has 67 heavy (non-hydrogen) atoms. The second-order valence-electron chi connectivity index (χ2n) is 14.4. The summed E-state index contributed by atoms with van der Waals surface area (Å²) in [6, 6.07) is 22.6. The van der Waals surface area contributed by atoms with Gasteiger partial charge >= 0.3 is 5.97 Å². The van der Waals surface area contributed by atoms with Crippen molar-refractivity contribution >= 4 is 52.7 Å². The second kappa shape index (κ2) is 20.8. The Morgan fingerprint density at radius 1 is 0.791 bits per heavy atom. The van der Waals surface area contributed by atoms with Crippen LogP contribution in [0.4, 0.5) is 17.1 Å². The number of aromatic nitrogens is 3. The van der Waals surface area contributed by atoms with Gasteiger partial charge in [-0.15, -0.1) is 5.10 Å². The molecule has 0 spiro atoms. The van der Waals surface area contributed by atoms with Gasteiger partial charge in [0.15, 0.2) is 23.0 Å². The first kappa shape index (κ1) is 47.0. The lowest BCUT2D eigenvalue weighted by atomic mass is 10.1. The number of hydrogen-bond donors (Lipinski definition) is 10. The first-order valence-corrected chi connectivity index (χ1v) is 19.8. The van der Waals surface area contributed by atoms with E-state index in [2.05, 4.69) is 36.7 Å². The lowest BCUT2D eigenvalue weighted by Crippen LogP contribution is -2.44. The molecule has 0 unspecified atom stereocenters. The van der Waals surface area contributed by atoms with Gasteiger partial charge in [0.25, 0.3) is 17.7 Å². The van der Waals surface area contributed by atoms with E-state index in [4.69, 9.17) is 20.7 Å². The molecule has 4 amide bonds. The van der Waals surface area contributed by atoms with Gasteiger partial charge in [0.2, 0.25) is 5.91 Å². The quantitative estimate of drug-likeness (QED) is 0.0370. The van der Waals surface area contributed by atoms with E-state index in [1.807, 2.05) is 0 Å². The summed E-state index contributed by atoms with van der Waals surface area (Å²) < 4.78 is 11.8. The highest BCUT2D eigenvalue weighted by Crippen LogP contribution is 2.40. The zero-order valence-corrected chi connectivity index (χ0v) is 35.8. The number of benzene rings is 5. The number of amides is 4. The van der Waals surface area contributed by atoms with Gasteiger partial charge in [0.1, 0.15) is 28.7 Å². The summed E-state index contributed by atoms with van der Waals surface area (Å²) in [6.45, 7) is 1.63. The van der Waals surface area contributed by atoms with Crippen molar-refractivity contribution in [2.75, 3.05) is 30.2 Å². The topological polar surface area (TPSA) is 326 Å². The third-order valence-corrected chi connectivity index (χ3v) is 9.97. The number of phenolic OH excluding ortho intramolecular Hbond substituents is 2. The molecular formula is C46H42N10O11. The third-order valence-electron chi connectivity index (χ3n) is 9.97. The molecule has 5 aromatic carbocycles. The van der Waals surface area contributed by atoms with Crippen molar-refractivity contribution < 1.29 is 53.9 Å². The number of nitrogens with two attached hydrogens (primary N) is 1. The molecule has 342 valence electrons. The number of carboxylic acids is 1. The zero-order valence-electron chi connectivity index (χ0n) is 35.8. The molecule has 6 aromatic rings. The predicted molar refractivity (Wildman–Crippen MR) is 243 cm³/mol. The van der Waals surface area contributed by atoms with E-state index >= 15 is 0 Å². The summed E-state index contributed by atoms with van der Waals surface area (Å²) in [5, 5.41) is 62.6. The number of phenols is 3. The number of nitrogens with one attached hydrogen (secondary N) is 5. The van der Waals surface area contributed by atoms with Crippen molar-refractivity contribution in [3.05, 3.63) is 143 Å². The molecule has 1 aromatic heterocycles. The van der Waals surface area contributed by atoms with Gasteiger partial charge in [-0.3, -0.25) is 19.2 Å². The van der Waals surface area contributed by atoms with Crippen LogP contribution in [0.2, 0.25) is 0 Å². The van der Waals surface area contributed by atoms with Crippen LogP contribution in [-0.2, 0) is 9.59 Å². The molecule has 21 heteroatoms. The van der Waals surface area contributed by atoms with Gasteiger partial charge in [-0.1, -0.05) is 29.5 Å². The molecule has 21 nitrogen and oxygen atoms in total. The number of hydrogen-bond acceptors (Lipinski definition) is 15. The highest BCUT2D eigenvalue weighted by molar-refractivity contribution is 6.09. The van der Waals surface area contributed by atoms with Crippen LogP contribution in [0.15, 0.2) is 126 Å². The van der Waals surface area contributed by atoms with Gasteiger partial charge < -0.3 is 56.9 Å². The number of anilines is 3. The van der Waals surface area contributed by atoms with Crippen LogP contribution in [0.1, 0.15) is 50.0 Å². The number of carboxylic acid groups (broad SMARTS) is 1. The van der Waals surface area contributed by atoms with Crippen molar-refractivity contribution in [1.29, 1.82) is 5.53 Å². The number of carbonyl (C=O) groups is 5. The summed E-state index contributed by atoms with van der Waals surface area (Å²) in [5.74, 6) is -5.51. The van der Waals surface area contributed by atoms with Crippen LogP contribution < -0.4 is 36.5 Å². The van der Waals surface area contributed by atoms with Crippen LogP contribution in [-0.4, -0.2) is 85.3 Å². The normalized spacial score (nSPS) is 11.7. The molecule has 0 bridgehead atoms. The van der Waals surface area contributed by atoms with Crippen LogP contribution in [0, 0.1) is 5.53 Å². The summed E-state index contributed by atoms with van der Waals surface area (Å²) in [5.41, 5.74) is 15.5. The summed E-state index contributed by atoms with van der Waals surface area (Å²) in [6.07, 6.45) is 4.01. The maximum atomic E-state index is 13.6. The molecule has 0 aliphatic carbocycles. The molecule has 0 fully saturated rings. The van der Waals surface area contributed by atoms with E-state index in [9.17, 15) is 44.4 Å². The summed E-state index contributed by atoms with van der Waals surface area (Å²) >= 11 is 0. The number of nitrogens with zero attached hydrogens (tertiary/aromatic N) is 4. The van der Waals surface area contributed by atoms with E-state index in [0.29, 0.717) is 28.2 Å². The average Bonchev–Trinajstić information content (AvgIpc) is 3.81. The molecule has 0 saturated heterocycles. The van der Waals surface area contributed by atoms with Gasteiger partial charge in [-0.2, -0.15) is 5.11 Å². The van der Waals surface area contributed by atoms with Crippen molar-refractivity contribution in [3.63, 3.8) is 0 Å². The Kier molecular flexibility index (Phi) is 14.6. The number of aromatic carboxylic acids is 1. The lowest BCUT2D eigenvalue weighted by molar-refractivity contribution is -0.118.